The molecule has 1 aromatic carbocycles. The fourth-order valence-electron chi connectivity index (χ4n) is 1.55. The first kappa shape index (κ1) is 12.5. The Morgan fingerprint density at radius 3 is 2.78 bits per heavy atom. The summed E-state index contributed by atoms with van der Waals surface area (Å²) in [7, 11) is 0. The lowest BCUT2D eigenvalue weighted by molar-refractivity contribution is 1.13. The van der Waals surface area contributed by atoms with Crippen molar-refractivity contribution in [2.24, 2.45) is 0 Å². The van der Waals surface area contributed by atoms with Gasteiger partial charge in [-0.05, 0) is 37.1 Å². The highest BCUT2D eigenvalue weighted by Crippen LogP contribution is 2.33. The van der Waals surface area contributed by atoms with E-state index in [2.05, 4.69) is 29.3 Å². The zero-order valence-corrected chi connectivity index (χ0v) is 11.1. The lowest BCUT2D eigenvalue weighted by atomic mass is 10.2. The molecule has 2 rings (SSSR count). The lowest BCUT2D eigenvalue weighted by Crippen LogP contribution is -1.96. The number of nitrogen functional groups attached to an aromatic ring is 1. The zero-order chi connectivity index (χ0) is 13.1. The van der Waals surface area contributed by atoms with E-state index in [4.69, 9.17) is 11.0 Å². The van der Waals surface area contributed by atoms with Gasteiger partial charge in [-0.1, -0.05) is 23.9 Å². The van der Waals surface area contributed by atoms with Crippen LogP contribution in [0.5, 0.6) is 0 Å². The van der Waals surface area contributed by atoms with E-state index >= 15 is 0 Å². The molecule has 0 radical (unpaired) electrons. The smallest absolute Gasteiger partial charge is 0.125 e. The van der Waals surface area contributed by atoms with Gasteiger partial charge < -0.3 is 5.73 Å². The summed E-state index contributed by atoms with van der Waals surface area (Å²) in [6.45, 7) is 4.10. The van der Waals surface area contributed by atoms with Crippen molar-refractivity contribution >= 4 is 17.4 Å². The number of pyridine rings is 1. The van der Waals surface area contributed by atoms with E-state index in [1.807, 2.05) is 13.8 Å². The predicted molar refractivity (Wildman–Crippen MR) is 73.4 cm³/mol. The van der Waals surface area contributed by atoms with Gasteiger partial charge in [-0.15, -0.1) is 0 Å². The van der Waals surface area contributed by atoms with E-state index in [-0.39, 0.29) is 0 Å². The second-order valence-corrected chi connectivity index (χ2v) is 5.09. The Morgan fingerprint density at radius 2 is 2.06 bits per heavy atom. The average molecular weight is 255 g/mol. The highest BCUT2D eigenvalue weighted by Gasteiger charge is 2.09. The molecule has 0 fully saturated rings. The van der Waals surface area contributed by atoms with Crippen molar-refractivity contribution in [1.82, 2.24) is 4.98 Å². The normalized spacial score (nSPS) is 10.1. The molecule has 3 nitrogen and oxygen atoms in total. The molecule has 0 spiro atoms. The summed E-state index contributed by atoms with van der Waals surface area (Å²) in [5, 5.41) is 9.62. The minimum Gasteiger partial charge on any atom is -0.395 e. The number of aromatic nitrogens is 1. The first-order valence-electron chi connectivity index (χ1n) is 5.51. The van der Waals surface area contributed by atoms with Crippen molar-refractivity contribution in [3.63, 3.8) is 0 Å². The molecule has 0 amide bonds. The number of nitrogens with two attached hydrogens (primary N) is 1. The first-order chi connectivity index (χ1) is 8.61. The van der Waals surface area contributed by atoms with Gasteiger partial charge in [0.2, 0.25) is 0 Å². The number of rotatable bonds is 2. The predicted octanol–water partition coefficient (Wildman–Crippen LogP) is 3.30. The first-order valence-corrected chi connectivity index (χ1v) is 6.33. The molecule has 0 saturated carbocycles. The molecule has 0 aliphatic rings. The molecule has 1 heterocycles. The number of anilines is 1. The summed E-state index contributed by atoms with van der Waals surface area (Å²) in [6, 6.07) is 9.94. The average Bonchev–Trinajstić information content (AvgIpc) is 2.36. The van der Waals surface area contributed by atoms with Crippen LogP contribution in [0.2, 0.25) is 0 Å². The van der Waals surface area contributed by atoms with Gasteiger partial charge in [-0.2, -0.15) is 5.26 Å². The molecular weight excluding hydrogens is 242 g/mol. The molecule has 2 N–H and O–H groups in total. The van der Waals surface area contributed by atoms with E-state index in [0.717, 1.165) is 4.90 Å². The number of nitriles is 1. The maximum absolute atomic E-state index is 8.94. The van der Waals surface area contributed by atoms with Gasteiger partial charge in [0, 0.05) is 11.1 Å². The van der Waals surface area contributed by atoms with Crippen LogP contribution in [0.1, 0.15) is 16.7 Å². The Balaban J connectivity index is 2.41. The Bertz CT molecular complexity index is 629. The quantitative estimate of drug-likeness (QED) is 0.894. The van der Waals surface area contributed by atoms with Crippen molar-refractivity contribution < 1.29 is 0 Å². The number of aryl methyl sites for hydroxylation is 2. The third-order valence-electron chi connectivity index (χ3n) is 2.62. The Morgan fingerprint density at radius 1 is 1.28 bits per heavy atom. The van der Waals surface area contributed by atoms with Crippen LogP contribution in [0.3, 0.4) is 0 Å². The Labute approximate surface area is 111 Å². The maximum atomic E-state index is 8.94. The molecule has 0 bridgehead atoms. The number of nitrogens with zero attached hydrogens (tertiary/aromatic N) is 2. The maximum Gasteiger partial charge on any atom is 0.125 e. The van der Waals surface area contributed by atoms with Crippen LogP contribution in [0.25, 0.3) is 0 Å². The van der Waals surface area contributed by atoms with Crippen LogP contribution in [0, 0.1) is 25.2 Å². The molecule has 2 aromatic rings. The van der Waals surface area contributed by atoms with Crippen LogP contribution < -0.4 is 5.73 Å². The van der Waals surface area contributed by atoms with E-state index in [0.29, 0.717) is 16.3 Å². The fraction of sp³-hybridized carbons (Fsp3) is 0.143. The van der Waals surface area contributed by atoms with Gasteiger partial charge in [0.05, 0.1) is 11.3 Å². The molecule has 0 aliphatic carbocycles. The molecule has 4 heteroatoms. The molecule has 0 unspecified atom stereocenters. The molecule has 90 valence electrons. The number of benzene rings is 1. The van der Waals surface area contributed by atoms with E-state index in [1.165, 1.54) is 22.9 Å². The minimum absolute atomic E-state index is 0.450. The Kier molecular flexibility index (Phi) is 3.54. The van der Waals surface area contributed by atoms with Crippen LogP contribution in [0.4, 0.5) is 5.69 Å². The van der Waals surface area contributed by atoms with Gasteiger partial charge >= 0.3 is 0 Å². The topological polar surface area (TPSA) is 62.7 Å². The summed E-state index contributed by atoms with van der Waals surface area (Å²) < 4.78 is 0. The van der Waals surface area contributed by atoms with Crippen LogP contribution >= 0.6 is 11.8 Å². The molecular formula is C14H13N3S. The summed E-state index contributed by atoms with van der Waals surface area (Å²) in [6.07, 6.45) is 1.61. The monoisotopic (exact) mass is 255 g/mol. The summed E-state index contributed by atoms with van der Waals surface area (Å²) in [5.74, 6) is 0. The second-order valence-electron chi connectivity index (χ2n) is 4.06. The number of hydrogen-bond donors (Lipinski definition) is 1. The van der Waals surface area contributed by atoms with E-state index < -0.39 is 0 Å². The number of hydrogen-bond acceptors (Lipinski definition) is 4. The van der Waals surface area contributed by atoms with Crippen LogP contribution in [-0.2, 0) is 0 Å². The van der Waals surface area contributed by atoms with E-state index in [9.17, 15) is 0 Å². The lowest BCUT2D eigenvalue weighted by Gasteiger charge is -2.08. The molecule has 0 aliphatic heterocycles. The second kappa shape index (κ2) is 5.11. The van der Waals surface area contributed by atoms with Crippen molar-refractivity contribution in [1.29, 1.82) is 5.26 Å². The molecule has 0 atom stereocenters. The van der Waals surface area contributed by atoms with Crippen LogP contribution in [0.15, 0.2) is 40.4 Å². The molecule has 0 saturated heterocycles. The van der Waals surface area contributed by atoms with Gasteiger partial charge in [0.1, 0.15) is 11.1 Å². The van der Waals surface area contributed by atoms with Gasteiger partial charge in [0.15, 0.2) is 0 Å². The highest BCUT2D eigenvalue weighted by atomic mass is 32.2. The largest absolute Gasteiger partial charge is 0.395 e. The van der Waals surface area contributed by atoms with Crippen molar-refractivity contribution in [2.75, 3.05) is 5.73 Å². The van der Waals surface area contributed by atoms with Crippen LogP contribution in [-0.4, -0.2) is 4.98 Å². The van der Waals surface area contributed by atoms with Gasteiger partial charge in [-0.25, -0.2) is 4.98 Å². The SMILES string of the molecule is Cc1ccc(C)c(Sc2nccc(C#N)c2N)c1. The summed E-state index contributed by atoms with van der Waals surface area (Å²) in [5.41, 5.74) is 9.21. The summed E-state index contributed by atoms with van der Waals surface area (Å²) >= 11 is 1.50. The fourth-order valence-corrected chi connectivity index (χ4v) is 2.57. The minimum atomic E-state index is 0.450. The Hall–Kier alpha value is -1.99. The van der Waals surface area contributed by atoms with Crippen molar-refractivity contribution in [3.8, 4) is 6.07 Å². The van der Waals surface area contributed by atoms with Gasteiger partial charge in [-0.3, -0.25) is 0 Å². The third kappa shape index (κ3) is 2.47. The van der Waals surface area contributed by atoms with Gasteiger partial charge in [0.25, 0.3) is 0 Å². The molecule has 18 heavy (non-hydrogen) atoms. The molecule has 1 aromatic heterocycles. The van der Waals surface area contributed by atoms with Crippen molar-refractivity contribution in [2.45, 2.75) is 23.8 Å². The van der Waals surface area contributed by atoms with Crippen molar-refractivity contribution in [3.05, 3.63) is 47.2 Å². The third-order valence-corrected chi connectivity index (χ3v) is 3.80. The zero-order valence-electron chi connectivity index (χ0n) is 10.3. The summed E-state index contributed by atoms with van der Waals surface area (Å²) in [4.78, 5) is 5.35. The van der Waals surface area contributed by atoms with E-state index in [1.54, 1.807) is 12.3 Å². The standard InChI is InChI=1S/C14H13N3S/c1-9-3-4-10(2)12(7-9)18-14-13(16)11(8-15)5-6-17-14/h3-7H,16H2,1-2H3. The highest BCUT2D eigenvalue weighted by molar-refractivity contribution is 7.99.